The smallest absolute Gasteiger partial charge is 0.311 e. The van der Waals surface area contributed by atoms with Gasteiger partial charge in [0.15, 0.2) is 6.61 Å². The molecule has 0 unspecified atom stereocenters. The second-order valence-corrected chi connectivity index (χ2v) is 7.32. The van der Waals surface area contributed by atoms with Crippen LogP contribution in [0.5, 0.6) is 0 Å². The summed E-state index contributed by atoms with van der Waals surface area (Å²) in [4.78, 5) is 38.0. The number of anilines is 2. The molecule has 1 fully saturated rings. The van der Waals surface area contributed by atoms with Crippen LogP contribution in [0.1, 0.15) is 12.0 Å². The maximum atomic E-state index is 12.2. The Morgan fingerprint density at radius 2 is 1.96 bits per heavy atom. The van der Waals surface area contributed by atoms with Gasteiger partial charge in [0.25, 0.3) is 5.91 Å². The number of ether oxygens (including phenoxy) is 1. The number of carbonyl (C=O) groups is 3. The van der Waals surface area contributed by atoms with E-state index in [1.807, 2.05) is 49.4 Å². The Hall–Kier alpha value is -2.67. The topological polar surface area (TPSA) is 75.7 Å². The lowest BCUT2D eigenvalue weighted by Crippen LogP contribution is -2.28. The number of nitrogens with zero attached hydrogens (tertiary/aromatic N) is 1. The average Bonchev–Trinajstić information content (AvgIpc) is 3.02. The highest BCUT2D eigenvalue weighted by Gasteiger charge is 2.36. The SMILES string of the molecule is Cc1cccc(NC(=O)COC(=O)[C@@H]2CC(=O)N(c3ccc(Br)cc3)C2)c1. The molecule has 0 radical (unpaired) electrons. The number of benzene rings is 2. The summed E-state index contributed by atoms with van der Waals surface area (Å²) in [6, 6.07) is 14.6. The molecule has 1 saturated heterocycles. The Bertz CT molecular complexity index is 867. The van der Waals surface area contributed by atoms with E-state index in [9.17, 15) is 14.4 Å². The van der Waals surface area contributed by atoms with Crippen LogP contribution in [0.3, 0.4) is 0 Å². The molecular formula is C20H19BrN2O4. The van der Waals surface area contributed by atoms with Gasteiger partial charge in [0, 0.05) is 28.8 Å². The third-order valence-corrected chi connectivity index (χ3v) is 4.77. The van der Waals surface area contributed by atoms with E-state index in [0.717, 1.165) is 15.7 Å². The predicted octanol–water partition coefficient (Wildman–Crippen LogP) is 3.29. The number of hydrogen-bond acceptors (Lipinski definition) is 4. The summed E-state index contributed by atoms with van der Waals surface area (Å²) in [5.74, 6) is -1.67. The van der Waals surface area contributed by atoms with E-state index >= 15 is 0 Å². The number of nitrogens with one attached hydrogen (secondary N) is 1. The Morgan fingerprint density at radius 3 is 2.67 bits per heavy atom. The second-order valence-electron chi connectivity index (χ2n) is 6.41. The van der Waals surface area contributed by atoms with Gasteiger partial charge in [-0.2, -0.15) is 0 Å². The molecule has 2 aromatic carbocycles. The van der Waals surface area contributed by atoms with Crippen molar-refractivity contribution in [3.8, 4) is 0 Å². The number of carbonyl (C=O) groups excluding carboxylic acids is 3. The van der Waals surface area contributed by atoms with Crippen LogP contribution in [-0.4, -0.2) is 30.9 Å². The molecule has 140 valence electrons. The molecule has 1 N–H and O–H groups in total. The molecule has 3 rings (SSSR count). The van der Waals surface area contributed by atoms with E-state index in [2.05, 4.69) is 21.2 Å². The van der Waals surface area contributed by atoms with Gasteiger partial charge in [0.05, 0.1) is 5.92 Å². The van der Waals surface area contributed by atoms with Crippen LogP contribution < -0.4 is 10.2 Å². The second kappa shape index (κ2) is 8.35. The summed E-state index contributed by atoms with van der Waals surface area (Å²) in [5.41, 5.74) is 2.39. The Labute approximate surface area is 165 Å². The van der Waals surface area contributed by atoms with Crippen molar-refractivity contribution in [2.45, 2.75) is 13.3 Å². The van der Waals surface area contributed by atoms with Gasteiger partial charge in [0.1, 0.15) is 0 Å². The Kier molecular flexibility index (Phi) is 5.91. The fraction of sp³-hybridized carbons (Fsp3) is 0.250. The normalized spacial score (nSPS) is 16.3. The summed E-state index contributed by atoms with van der Waals surface area (Å²) in [6.45, 7) is 1.79. The monoisotopic (exact) mass is 430 g/mol. The van der Waals surface area contributed by atoms with Gasteiger partial charge in [-0.15, -0.1) is 0 Å². The first-order valence-corrected chi connectivity index (χ1v) is 9.31. The van der Waals surface area contributed by atoms with Gasteiger partial charge in [-0.05, 0) is 48.9 Å². The largest absolute Gasteiger partial charge is 0.455 e. The molecule has 1 aliphatic heterocycles. The van der Waals surface area contributed by atoms with Crippen molar-refractivity contribution in [2.75, 3.05) is 23.4 Å². The van der Waals surface area contributed by atoms with Crippen LogP contribution in [0.2, 0.25) is 0 Å². The molecule has 7 heteroatoms. The third kappa shape index (κ3) is 4.95. The van der Waals surface area contributed by atoms with Crippen LogP contribution in [0.25, 0.3) is 0 Å². The Balaban J connectivity index is 1.52. The lowest BCUT2D eigenvalue weighted by Gasteiger charge is -2.16. The lowest BCUT2D eigenvalue weighted by atomic mass is 10.1. The predicted molar refractivity (Wildman–Crippen MR) is 105 cm³/mol. The number of halogens is 1. The minimum atomic E-state index is -0.576. The van der Waals surface area contributed by atoms with E-state index in [1.165, 1.54) is 0 Å². The number of aryl methyl sites for hydroxylation is 1. The zero-order chi connectivity index (χ0) is 19.4. The highest BCUT2D eigenvalue weighted by molar-refractivity contribution is 9.10. The fourth-order valence-corrected chi connectivity index (χ4v) is 3.17. The first kappa shape index (κ1) is 19.1. The summed E-state index contributed by atoms with van der Waals surface area (Å²) in [7, 11) is 0. The van der Waals surface area contributed by atoms with Gasteiger partial charge >= 0.3 is 5.97 Å². The van der Waals surface area contributed by atoms with Crippen molar-refractivity contribution in [1.29, 1.82) is 0 Å². The van der Waals surface area contributed by atoms with Crippen LogP contribution in [0.4, 0.5) is 11.4 Å². The van der Waals surface area contributed by atoms with Crippen molar-refractivity contribution in [3.63, 3.8) is 0 Å². The first-order valence-electron chi connectivity index (χ1n) is 8.51. The molecule has 1 atom stereocenters. The number of esters is 1. The molecule has 1 heterocycles. The minimum absolute atomic E-state index is 0.0778. The van der Waals surface area contributed by atoms with E-state index in [-0.39, 0.29) is 25.5 Å². The first-order chi connectivity index (χ1) is 12.9. The van der Waals surface area contributed by atoms with E-state index in [4.69, 9.17) is 4.74 Å². The van der Waals surface area contributed by atoms with E-state index in [0.29, 0.717) is 5.69 Å². The molecule has 6 nitrogen and oxygen atoms in total. The van der Waals surface area contributed by atoms with Gasteiger partial charge in [-0.25, -0.2) is 0 Å². The van der Waals surface area contributed by atoms with E-state index in [1.54, 1.807) is 11.0 Å². The summed E-state index contributed by atoms with van der Waals surface area (Å²) in [6.07, 6.45) is 0.0778. The maximum absolute atomic E-state index is 12.2. The molecule has 0 aromatic heterocycles. The van der Waals surface area contributed by atoms with Gasteiger partial charge in [-0.3, -0.25) is 14.4 Å². The summed E-state index contributed by atoms with van der Waals surface area (Å²) >= 11 is 3.35. The Morgan fingerprint density at radius 1 is 1.22 bits per heavy atom. The van der Waals surface area contributed by atoms with Crippen molar-refractivity contribution in [3.05, 3.63) is 58.6 Å². The van der Waals surface area contributed by atoms with Gasteiger partial charge in [0.2, 0.25) is 5.91 Å². The molecule has 0 aliphatic carbocycles. The minimum Gasteiger partial charge on any atom is -0.455 e. The quantitative estimate of drug-likeness (QED) is 0.738. The molecule has 0 bridgehead atoms. The highest BCUT2D eigenvalue weighted by atomic mass is 79.9. The molecular weight excluding hydrogens is 412 g/mol. The van der Waals surface area contributed by atoms with Crippen molar-refractivity contribution in [2.24, 2.45) is 5.92 Å². The van der Waals surface area contributed by atoms with Crippen LogP contribution in [0.15, 0.2) is 53.0 Å². The highest BCUT2D eigenvalue weighted by Crippen LogP contribution is 2.27. The van der Waals surface area contributed by atoms with Crippen LogP contribution in [-0.2, 0) is 19.1 Å². The standard InChI is InChI=1S/C20H19BrN2O4/c1-13-3-2-4-16(9-13)22-18(24)12-27-20(26)14-10-19(25)23(11-14)17-7-5-15(21)6-8-17/h2-9,14H,10-12H2,1H3,(H,22,24)/t14-/m1/s1. The van der Waals surface area contributed by atoms with Crippen molar-refractivity contribution >= 4 is 45.1 Å². The van der Waals surface area contributed by atoms with Gasteiger partial charge in [-0.1, -0.05) is 28.1 Å². The molecule has 1 aliphatic rings. The van der Waals surface area contributed by atoms with Crippen LogP contribution >= 0.6 is 15.9 Å². The zero-order valence-corrected chi connectivity index (χ0v) is 16.4. The van der Waals surface area contributed by atoms with Crippen LogP contribution in [0, 0.1) is 12.8 Å². The molecule has 27 heavy (non-hydrogen) atoms. The maximum Gasteiger partial charge on any atom is 0.311 e. The van der Waals surface area contributed by atoms with E-state index < -0.39 is 17.8 Å². The molecule has 0 saturated carbocycles. The third-order valence-electron chi connectivity index (χ3n) is 4.24. The number of amides is 2. The van der Waals surface area contributed by atoms with Crippen molar-refractivity contribution < 1.29 is 19.1 Å². The fourth-order valence-electron chi connectivity index (χ4n) is 2.91. The average molecular weight is 431 g/mol. The molecule has 2 aromatic rings. The summed E-state index contributed by atoms with van der Waals surface area (Å²) in [5, 5.41) is 2.68. The number of hydrogen-bond donors (Lipinski definition) is 1. The molecule has 2 amide bonds. The number of rotatable bonds is 5. The van der Waals surface area contributed by atoms with Crippen molar-refractivity contribution in [1.82, 2.24) is 0 Å². The summed E-state index contributed by atoms with van der Waals surface area (Å²) < 4.78 is 6.02. The van der Waals surface area contributed by atoms with Gasteiger partial charge < -0.3 is 15.0 Å². The lowest BCUT2D eigenvalue weighted by molar-refractivity contribution is -0.151. The zero-order valence-electron chi connectivity index (χ0n) is 14.8. The molecule has 0 spiro atoms.